The van der Waals surface area contributed by atoms with Crippen molar-refractivity contribution in [3.8, 4) is 0 Å². The molecule has 160 valence electrons. The van der Waals surface area contributed by atoms with Gasteiger partial charge >= 0.3 is 5.97 Å². The number of pyridine rings is 2. The summed E-state index contributed by atoms with van der Waals surface area (Å²) in [5.41, 5.74) is 5.59. The standard InChI is InChI=1S/C25H28N4O2/c30-24(31)18-29(23-8-3-5-21-6-4-14-28-25(21)23)17-20-11-9-19(10-12-20)15-26-16-22-7-1-2-13-27-22/h1-2,4,6-7,9-14,23,26H,3,5,8,15-18H2,(H,30,31). The number of rotatable bonds is 9. The molecule has 0 saturated heterocycles. The highest BCUT2D eigenvalue weighted by atomic mass is 16.4. The molecule has 0 fully saturated rings. The maximum atomic E-state index is 11.6. The van der Waals surface area contributed by atoms with Crippen LogP contribution in [0.3, 0.4) is 0 Å². The van der Waals surface area contributed by atoms with Crippen LogP contribution in [0.5, 0.6) is 0 Å². The van der Waals surface area contributed by atoms with Crippen molar-refractivity contribution in [1.82, 2.24) is 20.2 Å². The van der Waals surface area contributed by atoms with E-state index in [-0.39, 0.29) is 12.6 Å². The van der Waals surface area contributed by atoms with Crippen LogP contribution in [-0.2, 0) is 30.8 Å². The fraction of sp³-hybridized carbons (Fsp3) is 0.320. The van der Waals surface area contributed by atoms with E-state index in [9.17, 15) is 9.90 Å². The lowest BCUT2D eigenvalue weighted by Crippen LogP contribution is -2.35. The molecule has 31 heavy (non-hydrogen) atoms. The Labute approximate surface area is 183 Å². The highest BCUT2D eigenvalue weighted by Gasteiger charge is 2.28. The van der Waals surface area contributed by atoms with Crippen molar-refractivity contribution in [2.45, 2.75) is 44.9 Å². The quantitative estimate of drug-likeness (QED) is 0.553. The van der Waals surface area contributed by atoms with E-state index >= 15 is 0 Å². The van der Waals surface area contributed by atoms with E-state index < -0.39 is 5.97 Å². The fourth-order valence-electron chi connectivity index (χ4n) is 4.23. The zero-order valence-electron chi connectivity index (χ0n) is 17.6. The Bertz CT molecular complexity index is 992. The van der Waals surface area contributed by atoms with Crippen LogP contribution >= 0.6 is 0 Å². The summed E-state index contributed by atoms with van der Waals surface area (Å²) in [6, 6.07) is 18.4. The van der Waals surface area contributed by atoms with Crippen LogP contribution in [0.2, 0.25) is 0 Å². The summed E-state index contributed by atoms with van der Waals surface area (Å²) in [5.74, 6) is -0.807. The highest BCUT2D eigenvalue weighted by Crippen LogP contribution is 2.33. The van der Waals surface area contributed by atoms with Crippen LogP contribution in [0.1, 0.15) is 47.0 Å². The van der Waals surface area contributed by atoms with E-state index in [2.05, 4.69) is 45.6 Å². The van der Waals surface area contributed by atoms with Crippen LogP contribution in [-0.4, -0.2) is 32.5 Å². The van der Waals surface area contributed by atoms with Crippen LogP contribution in [0.15, 0.2) is 67.0 Å². The molecule has 0 bridgehead atoms. The molecule has 0 saturated carbocycles. The van der Waals surface area contributed by atoms with Crippen molar-refractivity contribution in [2.75, 3.05) is 6.54 Å². The highest BCUT2D eigenvalue weighted by molar-refractivity contribution is 5.69. The van der Waals surface area contributed by atoms with Crippen molar-refractivity contribution in [3.63, 3.8) is 0 Å². The third kappa shape index (κ3) is 5.75. The van der Waals surface area contributed by atoms with Crippen molar-refractivity contribution in [2.24, 2.45) is 0 Å². The van der Waals surface area contributed by atoms with Crippen molar-refractivity contribution in [3.05, 3.63) is 95.1 Å². The van der Waals surface area contributed by atoms with Gasteiger partial charge in [0.25, 0.3) is 0 Å². The van der Waals surface area contributed by atoms with Gasteiger partial charge in [-0.25, -0.2) is 0 Å². The number of nitrogens with zero attached hydrogens (tertiary/aromatic N) is 3. The van der Waals surface area contributed by atoms with Gasteiger partial charge in [0.05, 0.1) is 24.0 Å². The number of carboxylic acid groups (broad SMARTS) is 1. The fourth-order valence-corrected chi connectivity index (χ4v) is 4.23. The predicted molar refractivity (Wildman–Crippen MR) is 119 cm³/mol. The van der Waals surface area contributed by atoms with Crippen molar-refractivity contribution in [1.29, 1.82) is 0 Å². The first kappa shape index (κ1) is 21.2. The van der Waals surface area contributed by atoms with Gasteiger partial charge in [0.15, 0.2) is 0 Å². The lowest BCUT2D eigenvalue weighted by Gasteiger charge is -2.34. The Kier molecular flexibility index (Phi) is 7.02. The molecule has 2 heterocycles. The van der Waals surface area contributed by atoms with E-state index in [1.54, 1.807) is 6.20 Å². The molecule has 2 N–H and O–H groups in total. The monoisotopic (exact) mass is 416 g/mol. The first-order valence-corrected chi connectivity index (χ1v) is 10.8. The molecule has 0 aliphatic heterocycles. The second-order valence-electron chi connectivity index (χ2n) is 8.00. The first-order valence-electron chi connectivity index (χ1n) is 10.8. The topological polar surface area (TPSA) is 78.4 Å². The van der Waals surface area contributed by atoms with Crippen LogP contribution in [0, 0.1) is 0 Å². The Morgan fingerprint density at radius 3 is 2.58 bits per heavy atom. The second-order valence-corrected chi connectivity index (χ2v) is 8.00. The Morgan fingerprint density at radius 2 is 1.81 bits per heavy atom. The van der Waals surface area contributed by atoms with E-state index in [0.717, 1.165) is 49.3 Å². The predicted octanol–water partition coefficient (Wildman–Crippen LogP) is 3.73. The lowest BCUT2D eigenvalue weighted by molar-refractivity contribution is -0.139. The third-order valence-electron chi connectivity index (χ3n) is 5.71. The minimum Gasteiger partial charge on any atom is -0.480 e. The van der Waals surface area contributed by atoms with Gasteiger partial charge in [0, 0.05) is 32.0 Å². The molecule has 6 nitrogen and oxygen atoms in total. The molecular weight excluding hydrogens is 388 g/mol. The molecule has 1 aliphatic rings. The van der Waals surface area contributed by atoms with Gasteiger partial charge in [-0.2, -0.15) is 0 Å². The third-order valence-corrected chi connectivity index (χ3v) is 5.71. The van der Waals surface area contributed by atoms with Gasteiger partial charge < -0.3 is 10.4 Å². The summed E-state index contributed by atoms with van der Waals surface area (Å²) in [6.07, 6.45) is 6.62. The first-order chi connectivity index (χ1) is 15.2. The number of benzene rings is 1. The van der Waals surface area contributed by atoms with Crippen LogP contribution in [0.4, 0.5) is 0 Å². The average molecular weight is 417 g/mol. The van der Waals surface area contributed by atoms with E-state index in [0.29, 0.717) is 6.54 Å². The van der Waals surface area contributed by atoms with E-state index in [1.165, 1.54) is 11.1 Å². The van der Waals surface area contributed by atoms with Crippen LogP contribution in [0.25, 0.3) is 0 Å². The Morgan fingerprint density at radius 1 is 1.00 bits per heavy atom. The molecule has 1 unspecified atom stereocenters. The molecule has 1 aromatic carbocycles. The number of aromatic nitrogens is 2. The number of hydrogen-bond donors (Lipinski definition) is 2. The number of aryl methyl sites for hydroxylation is 1. The number of carboxylic acids is 1. The summed E-state index contributed by atoms with van der Waals surface area (Å²) in [5, 5.41) is 12.9. The number of fused-ring (bicyclic) bond motifs is 1. The number of carbonyl (C=O) groups is 1. The van der Waals surface area contributed by atoms with Gasteiger partial charge in [-0.1, -0.05) is 36.4 Å². The smallest absolute Gasteiger partial charge is 0.317 e. The minimum atomic E-state index is -0.807. The van der Waals surface area contributed by atoms with Gasteiger partial charge in [-0.15, -0.1) is 0 Å². The molecule has 2 aromatic heterocycles. The molecule has 0 radical (unpaired) electrons. The Hall–Kier alpha value is -3.09. The van der Waals surface area contributed by atoms with Gasteiger partial charge in [-0.05, 0) is 54.2 Å². The summed E-state index contributed by atoms with van der Waals surface area (Å²) < 4.78 is 0. The molecule has 0 amide bonds. The normalized spacial score (nSPS) is 15.6. The van der Waals surface area contributed by atoms with Gasteiger partial charge in [-0.3, -0.25) is 19.7 Å². The molecule has 3 aromatic rings. The van der Waals surface area contributed by atoms with E-state index in [1.807, 2.05) is 35.4 Å². The van der Waals surface area contributed by atoms with Gasteiger partial charge in [0.1, 0.15) is 0 Å². The minimum absolute atomic E-state index is 0.00800. The number of nitrogens with one attached hydrogen (secondary N) is 1. The summed E-state index contributed by atoms with van der Waals surface area (Å²) in [4.78, 5) is 22.5. The van der Waals surface area contributed by atoms with Crippen molar-refractivity contribution < 1.29 is 9.90 Å². The summed E-state index contributed by atoms with van der Waals surface area (Å²) in [7, 11) is 0. The SMILES string of the molecule is O=C(O)CN(Cc1ccc(CNCc2ccccn2)cc1)C1CCCc2cccnc21. The second kappa shape index (κ2) is 10.3. The molecule has 6 heteroatoms. The largest absolute Gasteiger partial charge is 0.480 e. The molecule has 1 aliphatic carbocycles. The van der Waals surface area contributed by atoms with Crippen molar-refractivity contribution >= 4 is 5.97 Å². The van der Waals surface area contributed by atoms with Gasteiger partial charge in [0.2, 0.25) is 0 Å². The Balaban J connectivity index is 1.40. The summed E-state index contributed by atoms with van der Waals surface area (Å²) in [6.45, 7) is 2.08. The van der Waals surface area contributed by atoms with E-state index in [4.69, 9.17) is 0 Å². The maximum Gasteiger partial charge on any atom is 0.317 e. The average Bonchev–Trinajstić information content (AvgIpc) is 2.80. The molecule has 0 spiro atoms. The van der Waals surface area contributed by atoms with Crippen LogP contribution < -0.4 is 5.32 Å². The maximum absolute atomic E-state index is 11.6. The zero-order chi connectivity index (χ0) is 21.5. The molecule has 4 rings (SSSR count). The number of hydrogen-bond acceptors (Lipinski definition) is 5. The summed E-state index contributed by atoms with van der Waals surface area (Å²) >= 11 is 0. The number of aliphatic carboxylic acids is 1. The zero-order valence-corrected chi connectivity index (χ0v) is 17.6. The molecular formula is C25H28N4O2. The molecule has 1 atom stereocenters. The lowest BCUT2D eigenvalue weighted by atomic mass is 9.90.